The number of nitrogens with zero attached hydrogens (tertiary/aromatic N) is 8. The molecular weight excluding hydrogens is 728 g/mol. The Bertz CT molecular complexity index is 1640. The minimum Gasteiger partial charge on any atom is -0.382 e. The quantitative estimate of drug-likeness (QED) is 0.169. The molecule has 3 aromatic rings. The Labute approximate surface area is 254 Å². The van der Waals surface area contributed by atoms with Crippen LogP contribution < -0.4 is 14.6 Å². The molecule has 4 aliphatic rings. The third-order valence-electron chi connectivity index (χ3n) is 7.23. The van der Waals surface area contributed by atoms with Crippen molar-refractivity contribution in [1.29, 1.82) is 0 Å². The molecule has 43 heavy (non-hydrogen) atoms. The first-order valence-electron chi connectivity index (χ1n) is 12.8. The number of anilines is 3. The van der Waals surface area contributed by atoms with E-state index >= 15 is 4.39 Å². The number of nitrogens with two attached hydrogens (primary N) is 2. The molecule has 2 bridgehead atoms. The van der Waals surface area contributed by atoms with Crippen molar-refractivity contribution in [2.75, 3.05) is 34.5 Å². The number of nitrogen functional groups attached to an aromatic ring is 2. The Kier molecular flexibility index (Phi) is 7.83. The van der Waals surface area contributed by atoms with Gasteiger partial charge in [-0.15, -0.1) is 0 Å². The number of fused-ring (bicyclic) bond motifs is 5. The molecule has 0 amide bonds. The number of carbonyl (C=O) groups is 1. The molecule has 22 heteroatoms. The Morgan fingerprint density at radius 1 is 1.07 bits per heavy atom. The van der Waals surface area contributed by atoms with Crippen molar-refractivity contribution in [3.63, 3.8) is 0 Å². The second-order valence-electron chi connectivity index (χ2n) is 9.89. The highest BCUT2D eigenvalue weighted by molar-refractivity contribution is 14.2. The van der Waals surface area contributed by atoms with E-state index in [0.29, 0.717) is 29.0 Å². The SMILES string of the molecule is CP1(=O)OCC2OC(N3I=Nc4c(N)ncnc43)C(F)C2OPOCC2OC(n3cnc4c(N)ncnc43)C(O1)C2C=O. The standard InChI is InChI=1S/C21H24FIN10O8P2/c1-43(35)37-4-10-15(11(22)20(39-10)33-19-13(31-23-33)17(25)27-6-29-19)40-42-36-3-9-8(2-34)14(41-43)21(38-9)32-7-30-12-16(24)26-5-28-18(12)32/h2,5-11,14-15,20-21,42H,3-4H2,1H3,(H2,24,26,28)(H2,25,27,29). The summed E-state index contributed by atoms with van der Waals surface area (Å²) in [6.45, 7) is 0.780. The second-order valence-corrected chi connectivity index (χ2v) is 14.5. The number of alkyl halides is 1. The molecule has 4 aliphatic heterocycles. The number of aromatic nitrogens is 6. The Morgan fingerprint density at radius 2 is 1.86 bits per heavy atom. The van der Waals surface area contributed by atoms with Gasteiger partial charge >= 0.3 is 7.60 Å². The second kappa shape index (κ2) is 11.5. The number of halogens is 2. The number of hydrogen-bond acceptors (Lipinski definition) is 17. The normalized spacial score (nSPS) is 36.8. The molecule has 3 fully saturated rings. The van der Waals surface area contributed by atoms with Crippen molar-refractivity contribution >= 4 is 78.5 Å². The molecule has 3 saturated heterocycles. The summed E-state index contributed by atoms with van der Waals surface area (Å²) < 4.78 is 72.6. The van der Waals surface area contributed by atoms with Crippen LogP contribution in [0.3, 0.4) is 0 Å². The molecule has 10 atom stereocenters. The smallest absolute Gasteiger partial charge is 0.328 e. The maximum absolute atomic E-state index is 15.9. The van der Waals surface area contributed by atoms with E-state index in [4.69, 9.17) is 39.0 Å². The lowest BCUT2D eigenvalue weighted by Gasteiger charge is -2.26. The van der Waals surface area contributed by atoms with Crippen molar-refractivity contribution < 1.29 is 41.3 Å². The molecule has 3 aromatic heterocycles. The van der Waals surface area contributed by atoms with E-state index in [0.717, 1.165) is 0 Å². The van der Waals surface area contributed by atoms with Gasteiger partial charge in [0.2, 0.25) is 0 Å². The fourth-order valence-corrected chi connectivity index (χ4v) is 9.19. The van der Waals surface area contributed by atoms with Gasteiger partial charge in [0.05, 0.1) is 31.6 Å². The van der Waals surface area contributed by atoms with Crippen molar-refractivity contribution in [1.82, 2.24) is 29.5 Å². The van der Waals surface area contributed by atoms with Gasteiger partial charge < -0.3 is 39.3 Å². The predicted octanol–water partition coefficient (Wildman–Crippen LogP) is 1.93. The summed E-state index contributed by atoms with van der Waals surface area (Å²) in [5.41, 5.74) is 12.9. The van der Waals surface area contributed by atoms with Crippen LogP contribution in [0, 0.1) is 5.92 Å². The van der Waals surface area contributed by atoms with E-state index in [9.17, 15) is 9.36 Å². The number of carbonyl (C=O) groups excluding carboxylic acids is 1. The maximum Gasteiger partial charge on any atom is 0.328 e. The third-order valence-corrected chi connectivity index (χ3v) is 11.3. The van der Waals surface area contributed by atoms with Crippen LogP contribution in [0.2, 0.25) is 0 Å². The van der Waals surface area contributed by atoms with Gasteiger partial charge in [-0.2, -0.15) is 3.15 Å². The number of hydrogen-bond donors (Lipinski definition) is 2. The van der Waals surface area contributed by atoms with Crippen LogP contribution in [-0.4, -0.2) is 92.5 Å². The van der Waals surface area contributed by atoms with Gasteiger partial charge in [-0.3, -0.25) is 16.8 Å². The molecular formula is C21H24FIN10O8P2. The van der Waals surface area contributed by atoms with E-state index in [1.54, 1.807) is 3.11 Å². The van der Waals surface area contributed by atoms with Crippen molar-refractivity contribution in [3.8, 4) is 0 Å². The molecule has 0 radical (unpaired) electrons. The molecule has 0 aromatic carbocycles. The Balaban J connectivity index is 1.15. The third kappa shape index (κ3) is 5.21. The molecule has 0 saturated carbocycles. The van der Waals surface area contributed by atoms with Gasteiger partial charge in [0.15, 0.2) is 56.5 Å². The molecule has 0 aliphatic carbocycles. The fraction of sp³-hybridized carbons (Fsp3) is 0.524. The summed E-state index contributed by atoms with van der Waals surface area (Å²) in [6.07, 6.45) is -3.29. The lowest BCUT2D eigenvalue weighted by atomic mass is 10.0. The summed E-state index contributed by atoms with van der Waals surface area (Å²) in [5, 5.41) is 0. The van der Waals surface area contributed by atoms with Crippen LogP contribution in [0.4, 0.5) is 27.5 Å². The van der Waals surface area contributed by atoms with Crippen LogP contribution in [0.25, 0.3) is 11.2 Å². The summed E-state index contributed by atoms with van der Waals surface area (Å²) >= 11 is -1.11. The Morgan fingerprint density at radius 3 is 2.70 bits per heavy atom. The van der Waals surface area contributed by atoms with Gasteiger partial charge in [0, 0.05) is 6.66 Å². The first kappa shape index (κ1) is 29.3. The predicted molar refractivity (Wildman–Crippen MR) is 155 cm³/mol. The van der Waals surface area contributed by atoms with Crippen molar-refractivity contribution in [2.45, 2.75) is 43.0 Å². The highest BCUT2D eigenvalue weighted by Crippen LogP contribution is 2.53. The topological polar surface area (TPSA) is 227 Å². The summed E-state index contributed by atoms with van der Waals surface area (Å²) in [4.78, 5) is 32.9. The average molecular weight is 752 g/mol. The zero-order valence-electron chi connectivity index (χ0n) is 22.0. The fourth-order valence-electron chi connectivity index (χ4n) is 5.18. The monoisotopic (exact) mass is 752 g/mol. The van der Waals surface area contributed by atoms with E-state index in [1.807, 2.05) is 0 Å². The van der Waals surface area contributed by atoms with E-state index in [-0.39, 0.29) is 24.8 Å². The number of ether oxygens (including phenoxy) is 2. The van der Waals surface area contributed by atoms with Gasteiger partial charge in [-0.1, -0.05) is 0 Å². The number of rotatable bonds is 3. The largest absolute Gasteiger partial charge is 0.382 e. The molecule has 10 unspecified atom stereocenters. The van der Waals surface area contributed by atoms with Crippen LogP contribution in [0.1, 0.15) is 6.23 Å². The van der Waals surface area contributed by atoms with E-state index in [1.165, 1.54) is 30.2 Å². The molecule has 0 spiro atoms. The lowest BCUT2D eigenvalue weighted by Crippen LogP contribution is -2.37. The maximum atomic E-state index is 15.9. The molecule has 7 heterocycles. The van der Waals surface area contributed by atoms with Crippen LogP contribution >= 0.6 is 37.9 Å². The first-order chi connectivity index (χ1) is 20.8. The number of aldehydes is 1. The average Bonchev–Trinajstić information content (AvgIpc) is 3.74. The van der Waals surface area contributed by atoms with E-state index in [2.05, 4.69) is 28.1 Å². The van der Waals surface area contributed by atoms with Crippen LogP contribution in [0.5, 0.6) is 0 Å². The molecule has 18 nitrogen and oxygen atoms in total. The highest BCUT2D eigenvalue weighted by Gasteiger charge is 2.53. The lowest BCUT2D eigenvalue weighted by molar-refractivity contribution is -0.114. The van der Waals surface area contributed by atoms with Gasteiger partial charge in [-0.05, 0) is 0 Å². The molecule has 230 valence electrons. The summed E-state index contributed by atoms with van der Waals surface area (Å²) in [7, 11) is -4.57. The van der Waals surface area contributed by atoms with Crippen molar-refractivity contribution in [3.05, 3.63) is 19.0 Å². The van der Waals surface area contributed by atoms with Crippen LogP contribution in [-0.2, 0) is 36.9 Å². The first-order valence-corrected chi connectivity index (χ1v) is 17.5. The zero-order chi connectivity index (χ0) is 29.9. The van der Waals surface area contributed by atoms with E-state index < -0.39 is 86.9 Å². The highest BCUT2D eigenvalue weighted by atomic mass is 127. The van der Waals surface area contributed by atoms with Crippen molar-refractivity contribution in [2.24, 2.45) is 9.06 Å². The summed E-state index contributed by atoms with van der Waals surface area (Å²) in [6, 6.07) is 0. The zero-order valence-corrected chi connectivity index (χ0v) is 26.1. The summed E-state index contributed by atoms with van der Waals surface area (Å²) in [5.74, 6) is -0.221. The molecule has 7 rings (SSSR count). The molecule has 4 N–H and O–H groups in total. The van der Waals surface area contributed by atoms with Gasteiger partial charge in [-0.25, -0.2) is 29.3 Å². The Hall–Kier alpha value is -2.42. The van der Waals surface area contributed by atoms with Gasteiger partial charge in [0.25, 0.3) is 0 Å². The van der Waals surface area contributed by atoms with Gasteiger partial charge in [0.1, 0.15) is 64.1 Å². The number of imidazole rings is 1. The minimum absolute atomic E-state index is 0.116. The van der Waals surface area contributed by atoms with Crippen LogP contribution in [0.15, 0.2) is 22.1 Å². The minimum atomic E-state index is -3.92.